The predicted molar refractivity (Wildman–Crippen MR) is 116 cm³/mol. The maximum Gasteiger partial charge on any atom is 0.222 e. The summed E-state index contributed by atoms with van der Waals surface area (Å²) in [5.41, 5.74) is 1.44. The number of carbonyl (C=O) groups is 2. The Hall–Kier alpha value is -3.49. The number of nitrogens with one attached hydrogen (secondary N) is 2. The highest BCUT2D eigenvalue weighted by Gasteiger charge is 2.38. The molecule has 1 fully saturated rings. The first-order valence-electron chi connectivity index (χ1n) is 10.9. The average molecular weight is 438 g/mol. The number of methoxy groups -OCH3 is 1. The number of H-pyrrole nitrogens is 1. The Morgan fingerprint density at radius 2 is 2.16 bits per heavy atom. The highest BCUT2D eigenvalue weighted by atomic mass is 16.5. The van der Waals surface area contributed by atoms with Crippen LogP contribution in [0.15, 0.2) is 41.4 Å². The molecule has 0 spiro atoms. The molecule has 9 nitrogen and oxygen atoms in total. The van der Waals surface area contributed by atoms with E-state index in [9.17, 15) is 9.59 Å². The summed E-state index contributed by atoms with van der Waals surface area (Å²) in [7, 11) is 1.58. The van der Waals surface area contributed by atoms with Crippen LogP contribution < -0.4 is 10.1 Å². The van der Waals surface area contributed by atoms with Crippen LogP contribution in [0.3, 0.4) is 0 Å². The summed E-state index contributed by atoms with van der Waals surface area (Å²) in [4.78, 5) is 36.7. The van der Waals surface area contributed by atoms with Crippen LogP contribution >= 0.6 is 0 Å². The van der Waals surface area contributed by atoms with Gasteiger partial charge in [-0.2, -0.15) is 0 Å². The van der Waals surface area contributed by atoms with Crippen molar-refractivity contribution < 1.29 is 18.8 Å². The number of Topliss-reactive ketones (excluding diaryl/α,β-unsaturated/α-hetero) is 1. The summed E-state index contributed by atoms with van der Waals surface area (Å²) in [6.07, 6.45) is 10.6. The third kappa shape index (κ3) is 4.71. The minimum Gasteiger partial charge on any atom is -0.481 e. The van der Waals surface area contributed by atoms with E-state index >= 15 is 0 Å². The van der Waals surface area contributed by atoms with Crippen LogP contribution in [0.25, 0.3) is 11.3 Å². The van der Waals surface area contributed by atoms with Gasteiger partial charge in [0.2, 0.25) is 11.8 Å². The number of ether oxygens (including phenoxy) is 1. The maximum atomic E-state index is 12.3. The zero-order chi connectivity index (χ0) is 22.4. The van der Waals surface area contributed by atoms with Crippen LogP contribution in [0.4, 0.5) is 0 Å². The molecule has 1 saturated heterocycles. The Balaban J connectivity index is 1.43. The van der Waals surface area contributed by atoms with Gasteiger partial charge < -0.3 is 19.6 Å². The molecule has 3 aromatic heterocycles. The fourth-order valence-electron chi connectivity index (χ4n) is 4.26. The number of piperidine rings is 1. The summed E-state index contributed by atoms with van der Waals surface area (Å²) in [6, 6.07) is 5.35. The molecule has 168 valence electrons. The number of unbranched alkanes of at least 4 members (excludes halogenated alkanes) is 2. The molecule has 1 aliphatic rings. The average Bonchev–Trinajstić information content (AvgIpc) is 3.51. The number of nitrogens with zero attached hydrogens (tertiary/aromatic N) is 3. The Kier molecular flexibility index (Phi) is 6.63. The van der Waals surface area contributed by atoms with Crippen LogP contribution in [0, 0.1) is 0 Å². The van der Waals surface area contributed by atoms with Gasteiger partial charge in [-0.3, -0.25) is 9.59 Å². The first kappa shape index (κ1) is 21.7. The Morgan fingerprint density at radius 3 is 2.94 bits per heavy atom. The van der Waals surface area contributed by atoms with Crippen molar-refractivity contribution in [3.8, 4) is 17.1 Å². The van der Waals surface area contributed by atoms with Gasteiger partial charge in [0.05, 0.1) is 30.1 Å². The molecule has 0 bridgehead atoms. The van der Waals surface area contributed by atoms with Crippen LogP contribution in [-0.4, -0.2) is 38.9 Å². The quantitative estimate of drug-likeness (QED) is 0.365. The molecular formula is C23H27N5O4. The van der Waals surface area contributed by atoms with Crippen molar-refractivity contribution in [2.24, 2.45) is 0 Å². The molecule has 2 N–H and O–H groups in total. The van der Waals surface area contributed by atoms with Gasteiger partial charge in [0.1, 0.15) is 17.8 Å². The highest BCUT2D eigenvalue weighted by Crippen LogP contribution is 2.36. The number of hydrogen-bond donors (Lipinski definition) is 2. The van der Waals surface area contributed by atoms with Gasteiger partial charge in [0.15, 0.2) is 5.78 Å². The van der Waals surface area contributed by atoms with Gasteiger partial charge in [0, 0.05) is 25.1 Å². The van der Waals surface area contributed by atoms with E-state index in [0.29, 0.717) is 24.4 Å². The monoisotopic (exact) mass is 437 g/mol. The van der Waals surface area contributed by atoms with Crippen molar-refractivity contribution in [1.82, 2.24) is 25.4 Å². The minimum absolute atomic E-state index is 0.0134. The number of pyridine rings is 1. The zero-order valence-electron chi connectivity index (χ0n) is 18.1. The summed E-state index contributed by atoms with van der Waals surface area (Å²) >= 11 is 0. The van der Waals surface area contributed by atoms with E-state index in [1.807, 2.05) is 12.1 Å². The maximum absolute atomic E-state index is 12.3. The van der Waals surface area contributed by atoms with E-state index in [1.165, 1.54) is 6.26 Å². The van der Waals surface area contributed by atoms with Crippen molar-refractivity contribution in [3.05, 3.63) is 48.4 Å². The number of hydrogen-bond acceptors (Lipinski definition) is 7. The van der Waals surface area contributed by atoms with E-state index in [4.69, 9.17) is 9.26 Å². The number of aromatic nitrogens is 4. The second kappa shape index (κ2) is 9.76. The van der Waals surface area contributed by atoms with Gasteiger partial charge in [0.25, 0.3) is 0 Å². The first-order valence-corrected chi connectivity index (χ1v) is 10.9. The van der Waals surface area contributed by atoms with Crippen molar-refractivity contribution in [1.29, 1.82) is 0 Å². The van der Waals surface area contributed by atoms with E-state index in [0.717, 1.165) is 55.6 Å². The predicted octanol–water partition coefficient (Wildman–Crippen LogP) is 3.80. The third-order valence-corrected chi connectivity index (χ3v) is 5.90. The lowest BCUT2D eigenvalue weighted by atomic mass is 9.83. The summed E-state index contributed by atoms with van der Waals surface area (Å²) in [5, 5.41) is 6.88. The standard InChI is InChI=1S/C23H27N5O4/c1-31-21-16(7-6-13-24-21)18-15-25-22(26-18)23(12-5-9-20(30)27-23)11-4-2-3-8-19(29)17-10-14-32-28-17/h6-7,10,13-15H,2-5,8-9,11-12H2,1H3,(H,25,26)(H,27,30)/t23-/m1/s1. The molecule has 0 aromatic carbocycles. The second-order valence-electron chi connectivity index (χ2n) is 8.06. The summed E-state index contributed by atoms with van der Waals surface area (Å²) in [5.74, 6) is 1.28. The molecule has 0 radical (unpaired) electrons. The van der Waals surface area contributed by atoms with Crippen molar-refractivity contribution in [2.45, 2.75) is 56.9 Å². The molecule has 32 heavy (non-hydrogen) atoms. The van der Waals surface area contributed by atoms with Crippen molar-refractivity contribution in [3.63, 3.8) is 0 Å². The number of amides is 1. The highest BCUT2D eigenvalue weighted by molar-refractivity contribution is 5.93. The van der Waals surface area contributed by atoms with E-state index in [2.05, 4.69) is 25.4 Å². The molecule has 0 aliphatic carbocycles. The number of rotatable bonds is 10. The lowest BCUT2D eigenvalue weighted by molar-refractivity contribution is -0.125. The van der Waals surface area contributed by atoms with Crippen LogP contribution in [0.1, 0.15) is 67.7 Å². The Morgan fingerprint density at radius 1 is 1.25 bits per heavy atom. The lowest BCUT2D eigenvalue weighted by Crippen LogP contribution is -2.49. The topological polar surface area (TPSA) is 123 Å². The van der Waals surface area contributed by atoms with Crippen molar-refractivity contribution in [2.75, 3.05) is 7.11 Å². The number of aromatic amines is 1. The fourth-order valence-corrected chi connectivity index (χ4v) is 4.26. The van der Waals surface area contributed by atoms with Crippen LogP contribution in [0.2, 0.25) is 0 Å². The third-order valence-electron chi connectivity index (χ3n) is 5.90. The fraction of sp³-hybridized carbons (Fsp3) is 0.435. The minimum atomic E-state index is -0.543. The van der Waals surface area contributed by atoms with Gasteiger partial charge >= 0.3 is 0 Å². The lowest BCUT2D eigenvalue weighted by Gasteiger charge is -2.36. The smallest absolute Gasteiger partial charge is 0.222 e. The van der Waals surface area contributed by atoms with Gasteiger partial charge in [-0.15, -0.1) is 0 Å². The zero-order valence-corrected chi connectivity index (χ0v) is 18.1. The normalized spacial score (nSPS) is 18.3. The number of ketones is 1. The molecule has 4 rings (SSSR count). The van der Waals surface area contributed by atoms with Crippen LogP contribution in [-0.2, 0) is 10.3 Å². The molecule has 1 amide bonds. The molecule has 1 aliphatic heterocycles. The van der Waals surface area contributed by atoms with Crippen LogP contribution in [0.5, 0.6) is 5.88 Å². The number of imidazole rings is 1. The molecule has 3 aromatic rings. The molecule has 0 unspecified atom stereocenters. The number of carbonyl (C=O) groups excluding carboxylic acids is 2. The summed E-state index contributed by atoms with van der Waals surface area (Å²) in [6.45, 7) is 0. The van der Waals surface area contributed by atoms with E-state index in [1.54, 1.807) is 25.6 Å². The van der Waals surface area contributed by atoms with E-state index in [-0.39, 0.29) is 11.7 Å². The molecule has 0 saturated carbocycles. The van der Waals surface area contributed by atoms with Gasteiger partial charge in [-0.1, -0.05) is 18.0 Å². The van der Waals surface area contributed by atoms with Gasteiger partial charge in [-0.05, 0) is 37.8 Å². The first-order chi connectivity index (χ1) is 15.6. The molecular weight excluding hydrogens is 410 g/mol. The van der Waals surface area contributed by atoms with Gasteiger partial charge in [-0.25, -0.2) is 9.97 Å². The molecule has 9 heteroatoms. The summed E-state index contributed by atoms with van der Waals surface area (Å²) < 4.78 is 10.1. The largest absolute Gasteiger partial charge is 0.481 e. The SMILES string of the molecule is COc1ncccc1-c1cnc([C@@]2(CCCCCC(=O)c3ccon3)CCCC(=O)N2)[nH]1. The molecule has 1 atom stereocenters. The molecule has 4 heterocycles. The Labute approximate surface area is 186 Å². The van der Waals surface area contributed by atoms with E-state index < -0.39 is 5.54 Å². The van der Waals surface area contributed by atoms with Crippen molar-refractivity contribution >= 4 is 11.7 Å². The second-order valence-corrected chi connectivity index (χ2v) is 8.06. The Bertz CT molecular complexity index is 1060.